The first kappa shape index (κ1) is 20.0. The van der Waals surface area contributed by atoms with Crippen molar-refractivity contribution >= 4 is 46.4 Å². The minimum Gasteiger partial charge on any atom is -0.462 e. The molecule has 0 amide bonds. The van der Waals surface area contributed by atoms with Gasteiger partial charge in [-0.05, 0) is 26.8 Å². The zero-order valence-corrected chi connectivity index (χ0v) is 15.3. The second kappa shape index (κ2) is 8.88. The molecule has 1 aromatic heterocycles. The maximum Gasteiger partial charge on any atom is 0.375 e. The number of ketones is 2. The number of nitrogens with zero attached hydrogens (tertiary/aromatic N) is 1. The van der Waals surface area contributed by atoms with E-state index in [-0.39, 0.29) is 24.6 Å². The van der Waals surface area contributed by atoms with Crippen molar-refractivity contribution in [1.29, 1.82) is 0 Å². The molecule has 0 bridgehead atoms. The van der Waals surface area contributed by atoms with E-state index in [2.05, 4.69) is 14.7 Å². The van der Waals surface area contributed by atoms with Gasteiger partial charge in [0.15, 0.2) is 0 Å². The number of nitrogens with one attached hydrogen (secondary N) is 1. The molecule has 0 spiro atoms. The zero-order chi connectivity index (χ0) is 20.0. The highest BCUT2D eigenvalue weighted by Gasteiger charge is 2.29. The lowest BCUT2D eigenvalue weighted by Crippen LogP contribution is -2.31. The van der Waals surface area contributed by atoms with Gasteiger partial charge in [-0.2, -0.15) is 0 Å². The molecule has 1 heterocycles. The summed E-state index contributed by atoms with van der Waals surface area (Å²) in [4.78, 5) is 54.9. The van der Waals surface area contributed by atoms with E-state index in [1.54, 1.807) is 38.1 Å². The average Bonchev–Trinajstić information content (AvgIpc) is 3.00. The van der Waals surface area contributed by atoms with Gasteiger partial charge >= 0.3 is 11.9 Å². The van der Waals surface area contributed by atoms with Crippen LogP contribution < -0.4 is 0 Å². The second-order valence-electron chi connectivity index (χ2n) is 5.57. The molecule has 0 aliphatic carbocycles. The van der Waals surface area contributed by atoms with Gasteiger partial charge in [0.2, 0.25) is 0 Å². The van der Waals surface area contributed by atoms with E-state index in [0.717, 1.165) is 6.21 Å². The Labute approximate surface area is 155 Å². The molecule has 1 aromatic carbocycles. The van der Waals surface area contributed by atoms with Crippen molar-refractivity contribution in [2.24, 2.45) is 10.9 Å². The number of esters is 2. The Kier molecular flexibility index (Phi) is 6.59. The SMILES string of the molecule is CCOC(=O)C(=O)C(/C=N\c1[nH]c2ccccc2c1C(=O)OCC)C(C)=O. The summed E-state index contributed by atoms with van der Waals surface area (Å²) in [5.74, 6) is -4.53. The molecule has 8 heteroatoms. The number of Topliss-reactive ketones (excluding diaryl/α,β-unsaturated/α-hetero) is 2. The Morgan fingerprint density at radius 1 is 1.11 bits per heavy atom. The number of para-hydroxylation sites is 1. The average molecular weight is 372 g/mol. The van der Waals surface area contributed by atoms with E-state index in [0.29, 0.717) is 10.9 Å². The van der Waals surface area contributed by atoms with Crippen LogP contribution in [0.3, 0.4) is 0 Å². The minimum absolute atomic E-state index is 0.0152. The molecule has 8 nitrogen and oxygen atoms in total. The first-order chi connectivity index (χ1) is 12.9. The molecule has 142 valence electrons. The summed E-state index contributed by atoms with van der Waals surface area (Å²) < 4.78 is 9.71. The van der Waals surface area contributed by atoms with Crippen LogP contribution in [-0.4, -0.2) is 47.9 Å². The zero-order valence-electron chi connectivity index (χ0n) is 15.3. The smallest absolute Gasteiger partial charge is 0.375 e. The van der Waals surface area contributed by atoms with Crippen molar-refractivity contribution in [2.75, 3.05) is 13.2 Å². The Morgan fingerprint density at radius 3 is 2.41 bits per heavy atom. The van der Waals surface area contributed by atoms with E-state index in [9.17, 15) is 19.2 Å². The van der Waals surface area contributed by atoms with E-state index in [1.165, 1.54) is 6.92 Å². The number of carbonyl (C=O) groups excluding carboxylic acids is 4. The number of carbonyl (C=O) groups is 4. The predicted octanol–water partition coefficient (Wildman–Crippen LogP) is 2.38. The van der Waals surface area contributed by atoms with Crippen LogP contribution in [0.25, 0.3) is 10.9 Å². The van der Waals surface area contributed by atoms with E-state index in [1.807, 2.05) is 0 Å². The highest BCUT2D eigenvalue weighted by molar-refractivity contribution is 6.42. The van der Waals surface area contributed by atoms with Gasteiger partial charge in [0.25, 0.3) is 5.78 Å². The van der Waals surface area contributed by atoms with Crippen LogP contribution in [0.1, 0.15) is 31.1 Å². The van der Waals surface area contributed by atoms with Crippen LogP contribution in [0.5, 0.6) is 0 Å². The van der Waals surface area contributed by atoms with E-state index >= 15 is 0 Å². The lowest BCUT2D eigenvalue weighted by molar-refractivity contribution is -0.155. The Morgan fingerprint density at radius 2 is 1.78 bits per heavy atom. The summed E-state index contributed by atoms with van der Waals surface area (Å²) >= 11 is 0. The Balaban J connectivity index is 2.44. The summed E-state index contributed by atoms with van der Waals surface area (Å²) in [5, 5.41) is 0.596. The number of aromatic amines is 1. The quantitative estimate of drug-likeness (QED) is 0.329. The number of benzene rings is 1. The highest BCUT2D eigenvalue weighted by atomic mass is 16.5. The molecule has 0 aliphatic rings. The van der Waals surface area contributed by atoms with Gasteiger partial charge in [0.05, 0.1) is 13.2 Å². The first-order valence-electron chi connectivity index (χ1n) is 8.44. The van der Waals surface area contributed by atoms with Gasteiger partial charge < -0.3 is 14.5 Å². The molecule has 2 aromatic rings. The maximum atomic E-state index is 12.3. The molecule has 0 saturated carbocycles. The van der Waals surface area contributed by atoms with Crippen LogP contribution in [-0.2, 0) is 23.9 Å². The van der Waals surface area contributed by atoms with Gasteiger partial charge in [-0.1, -0.05) is 18.2 Å². The van der Waals surface area contributed by atoms with Gasteiger partial charge in [-0.15, -0.1) is 0 Å². The van der Waals surface area contributed by atoms with Gasteiger partial charge in [-0.25, -0.2) is 14.6 Å². The van der Waals surface area contributed by atoms with Gasteiger partial charge in [0.1, 0.15) is 23.1 Å². The number of ether oxygens (including phenoxy) is 2. The molecular formula is C19H20N2O6. The molecule has 2 rings (SSSR count). The molecular weight excluding hydrogens is 352 g/mol. The topological polar surface area (TPSA) is 115 Å². The normalized spacial score (nSPS) is 12.1. The minimum atomic E-state index is -1.40. The lowest BCUT2D eigenvalue weighted by atomic mass is 10.0. The number of hydrogen-bond acceptors (Lipinski definition) is 7. The second-order valence-corrected chi connectivity index (χ2v) is 5.57. The maximum absolute atomic E-state index is 12.3. The van der Waals surface area contributed by atoms with Crippen LogP contribution in [0, 0.1) is 5.92 Å². The van der Waals surface area contributed by atoms with Crippen molar-refractivity contribution in [3.63, 3.8) is 0 Å². The first-order valence-corrected chi connectivity index (χ1v) is 8.44. The third-order valence-electron chi connectivity index (χ3n) is 3.72. The number of rotatable bonds is 8. The molecule has 27 heavy (non-hydrogen) atoms. The number of H-pyrrole nitrogens is 1. The summed E-state index contributed by atoms with van der Waals surface area (Å²) in [7, 11) is 0. The largest absolute Gasteiger partial charge is 0.462 e. The fourth-order valence-corrected chi connectivity index (χ4v) is 2.47. The number of aliphatic imine (C=N–C) groups is 1. The van der Waals surface area contributed by atoms with Crippen LogP contribution >= 0.6 is 0 Å². The summed E-state index contributed by atoms with van der Waals surface area (Å²) in [6.45, 7) is 4.60. The van der Waals surface area contributed by atoms with Crippen molar-refractivity contribution in [1.82, 2.24) is 4.98 Å². The van der Waals surface area contributed by atoms with Crippen LogP contribution in [0.2, 0.25) is 0 Å². The third-order valence-corrected chi connectivity index (χ3v) is 3.72. The van der Waals surface area contributed by atoms with E-state index in [4.69, 9.17) is 4.74 Å². The standard InChI is InChI=1S/C19H20N2O6/c1-4-26-18(24)15-12-8-6-7-9-14(12)21-17(15)20-10-13(11(3)22)16(23)19(25)27-5-2/h6-10,13,21H,4-5H2,1-3H3/b20-10-. The highest BCUT2D eigenvalue weighted by Crippen LogP contribution is 2.29. The molecule has 0 saturated heterocycles. The third kappa shape index (κ3) is 4.46. The molecule has 1 N–H and O–H groups in total. The summed E-state index contributed by atoms with van der Waals surface area (Å²) in [6.07, 6.45) is 1.04. The Hall–Kier alpha value is -3.29. The van der Waals surface area contributed by atoms with Crippen LogP contribution in [0.4, 0.5) is 5.82 Å². The van der Waals surface area contributed by atoms with Crippen molar-refractivity contribution < 1.29 is 28.7 Å². The fraction of sp³-hybridized carbons (Fsp3) is 0.316. The predicted molar refractivity (Wildman–Crippen MR) is 98.2 cm³/mol. The molecule has 1 atom stereocenters. The summed E-state index contributed by atoms with van der Waals surface area (Å²) in [5.41, 5.74) is 0.832. The molecule has 0 radical (unpaired) electrons. The molecule has 0 fully saturated rings. The van der Waals surface area contributed by atoms with Crippen molar-refractivity contribution in [3.05, 3.63) is 29.8 Å². The summed E-state index contributed by atoms with van der Waals surface area (Å²) in [6, 6.07) is 7.02. The van der Waals surface area contributed by atoms with E-state index < -0.39 is 29.4 Å². The number of aromatic nitrogens is 1. The number of fused-ring (bicyclic) bond motifs is 1. The van der Waals surface area contributed by atoms with Gasteiger partial charge in [-0.3, -0.25) is 9.59 Å². The molecule has 0 aliphatic heterocycles. The van der Waals surface area contributed by atoms with Crippen LogP contribution in [0.15, 0.2) is 29.3 Å². The monoisotopic (exact) mass is 372 g/mol. The fourth-order valence-electron chi connectivity index (χ4n) is 2.47. The Bertz CT molecular complexity index is 912. The molecule has 1 unspecified atom stereocenters. The van der Waals surface area contributed by atoms with Gasteiger partial charge in [0, 0.05) is 17.1 Å². The lowest BCUT2D eigenvalue weighted by Gasteiger charge is -2.06. The number of hydrogen-bond donors (Lipinski definition) is 1. The van der Waals surface area contributed by atoms with Crippen molar-refractivity contribution in [3.8, 4) is 0 Å². The van der Waals surface area contributed by atoms with Crippen molar-refractivity contribution in [2.45, 2.75) is 20.8 Å².